The Morgan fingerprint density at radius 2 is 1.04 bits per heavy atom. The molecule has 0 aromatic carbocycles. The summed E-state index contributed by atoms with van der Waals surface area (Å²) in [5.41, 5.74) is 25.4. The van der Waals surface area contributed by atoms with Gasteiger partial charge in [0.1, 0.15) is 12.1 Å². The third kappa shape index (κ3) is 25.2. The van der Waals surface area contributed by atoms with Crippen molar-refractivity contribution in [1.82, 2.24) is 0 Å². The molecule has 0 aliphatic heterocycles. The van der Waals surface area contributed by atoms with E-state index in [1.165, 1.54) is 0 Å². The number of aliphatic carboxylic acids is 3. The van der Waals surface area contributed by atoms with Gasteiger partial charge in [0.15, 0.2) is 0 Å². The molecule has 0 radical (unpaired) electrons. The van der Waals surface area contributed by atoms with E-state index < -0.39 is 30.0 Å². The van der Waals surface area contributed by atoms with Gasteiger partial charge < -0.3 is 44.0 Å². The summed E-state index contributed by atoms with van der Waals surface area (Å²) in [7, 11) is 0. The van der Waals surface area contributed by atoms with Crippen molar-refractivity contribution >= 4 is 17.9 Å². The quantitative estimate of drug-likeness (QED) is 0.207. The predicted octanol–water partition coefficient (Wildman–Crippen LogP) is -2.31. The van der Waals surface area contributed by atoms with Gasteiger partial charge in [0.25, 0.3) is 0 Å². The van der Waals surface area contributed by atoms with Crippen molar-refractivity contribution in [3.63, 3.8) is 0 Å². The first-order valence-corrected chi connectivity index (χ1v) is 7.42. The Morgan fingerprint density at radius 1 is 0.708 bits per heavy atom. The first kappa shape index (κ1) is 27.1. The predicted molar refractivity (Wildman–Crippen MR) is 89.1 cm³/mol. The normalized spacial score (nSPS) is 11.9. The Labute approximate surface area is 141 Å². The summed E-state index contributed by atoms with van der Waals surface area (Å²) in [4.78, 5) is 29.6. The van der Waals surface area contributed by atoms with Gasteiger partial charge in [-0.15, -0.1) is 0 Å². The smallest absolute Gasteiger partial charge is 0.320 e. The largest absolute Gasteiger partial charge is 0.481 e. The molecule has 0 saturated carbocycles. The lowest BCUT2D eigenvalue weighted by molar-refractivity contribution is -0.139. The van der Waals surface area contributed by atoms with Crippen molar-refractivity contribution in [2.45, 2.75) is 44.2 Å². The van der Waals surface area contributed by atoms with Crippen molar-refractivity contribution < 1.29 is 29.7 Å². The minimum absolute atomic E-state index is 0.0694. The Morgan fingerprint density at radius 3 is 1.17 bits per heavy atom. The van der Waals surface area contributed by atoms with E-state index in [0.29, 0.717) is 38.8 Å². The highest BCUT2D eigenvalue weighted by Crippen LogP contribution is 1.91. The molecule has 0 aromatic rings. The van der Waals surface area contributed by atoms with Crippen LogP contribution in [-0.2, 0) is 14.4 Å². The lowest BCUT2D eigenvalue weighted by Gasteiger charge is -2.02. The third-order valence-electron chi connectivity index (χ3n) is 2.43. The number of carboxylic acids is 3. The molecule has 0 heterocycles. The SMILES string of the molecule is NCCC(=O)O.NCCC[C@H](N)C(=O)O.NCCC[C@H](N)C(=O)O. The number of carbonyl (C=O) groups is 3. The van der Waals surface area contributed by atoms with Crippen molar-refractivity contribution in [2.75, 3.05) is 19.6 Å². The molecule has 144 valence electrons. The van der Waals surface area contributed by atoms with Crippen LogP contribution in [0, 0.1) is 0 Å². The number of carboxylic acid groups (broad SMARTS) is 3. The molecule has 24 heavy (non-hydrogen) atoms. The highest BCUT2D eigenvalue weighted by Gasteiger charge is 2.09. The summed E-state index contributed by atoms with van der Waals surface area (Å²) in [6, 6.07) is -1.48. The standard InChI is InChI=1S/2C5H12N2O2.C3H7NO2/c2*6-3-1-2-4(7)5(8)9;4-2-1-3(5)6/h2*4H,1-3,6-7H2,(H,8,9);1-2,4H2,(H,5,6)/t2*4-;/m00./s1. The van der Waals surface area contributed by atoms with Crippen LogP contribution in [0.25, 0.3) is 0 Å². The van der Waals surface area contributed by atoms with Crippen LogP contribution in [-0.4, -0.2) is 64.9 Å². The fourth-order valence-corrected chi connectivity index (χ4v) is 1.05. The van der Waals surface area contributed by atoms with Gasteiger partial charge >= 0.3 is 17.9 Å². The van der Waals surface area contributed by atoms with Gasteiger partial charge in [0, 0.05) is 6.54 Å². The second kappa shape index (κ2) is 19.3. The summed E-state index contributed by atoms with van der Waals surface area (Å²) in [6.45, 7) is 1.23. The van der Waals surface area contributed by atoms with E-state index in [0.717, 1.165) is 0 Å². The number of nitrogens with two attached hydrogens (primary N) is 5. The molecule has 0 aliphatic rings. The highest BCUT2D eigenvalue weighted by molar-refractivity contribution is 5.73. The number of rotatable bonds is 10. The Bertz CT molecular complexity index is 319. The fraction of sp³-hybridized carbons (Fsp3) is 0.769. The van der Waals surface area contributed by atoms with Crippen LogP contribution < -0.4 is 28.7 Å². The average Bonchev–Trinajstić information content (AvgIpc) is 2.50. The maximum absolute atomic E-state index is 10.0. The van der Waals surface area contributed by atoms with Gasteiger partial charge in [-0.3, -0.25) is 14.4 Å². The molecule has 13 N–H and O–H groups in total. The van der Waals surface area contributed by atoms with E-state index in [1.807, 2.05) is 0 Å². The maximum Gasteiger partial charge on any atom is 0.320 e. The molecule has 11 heteroatoms. The molecule has 0 bridgehead atoms. The molecule has 11 nitrogen and oxygen atoms in total. The van der Waals surface area contributed by atoms with E-state index in [4.69, 9.17) is 44.0 Å². The van der Waals surface area contributed by atoms with E-state index in [-0.39, 0.29) is 13.0 Å². The number of hydrogen-bond donors (Lipinski definition) is 8. The Kier molecular flexibility index (Phi) is 21.7. The monoisotopic (exact) mass is 353 g/mol. The molecular formula is C13H31N5O6. The van der Waals surface area contributed by atoms with Gasteiger partial charge in [-0.05, 0) is 38.8 Å². The zero-order chi connectivity index (χ0) is 19.5. The van der Waals surface area contributed by atoms with E-state index in [9.17, 15) is 14.4 Å². The van der Waals surface area contributed by atoms with Crippen molar-refractivity contribution in [2.24, 2.45) is 28.7 Å². The molecule has 0 aliphatic carbocycles. The molecular weight excluding hydrogens is 322 g/mol. The second-order valence-electron chi connectivity index (χ2n) is 4.68. The molecule has 0 saturated heterocycles. The summed E-state index contributed by atoms with van der Waals surface area (Å²) >= 11 is 0. The van der Waals surface area contributed by atoms with Crippen LogP contribution in [0.1, 0.15) is 32.1 Å². The van der Waals surface area contributed by atoms with Crippen LogP contribution in [0.3, 0.4) is 0 Å². The van der Waals surface area contributed by atoms with Crippen LogP contribution in [0.5, 0.6) is 0 Å². The van der Waals surface area contributed by atoms with Gasteiger partial charge in [0.2, 0.25) is 0 Å². The van der Waals surface area contributed by atoms with Crippen LogP contribution in [0.4, 0.5) is 0 Å². The van der Waals surface area contributed by atoms with Gasteiger partial charge in [-0.25, -0.2) is 0 Å². The number of hydrogen-bond acceptors (Lipinski definition) is 8. The third-order valence-corrected chi connectivity index (χ3v) is 2.43. The maximum atomic E-state index is 10.0. The first-order chi connectivity index (χ1) is 11.1. The van der Waals surface area contributed by atoms with Crippen LogP contribution in [0.2, 0.25) is 0 Å². The van der Waals surface area contributed by atoms with Crippen molar-refractivity contribution in [3.05, 3.63) is 0 Å². The zero-order valence-electron chi connectivity index (χ0n) is 13.8. The summed E-state index contributed by atoms with van der Waals surface area (Å²) in [5.74, 6) is -2.75. The summed E-state index contributed by atoms with van der Waals surface area (Å²) < 4.78 is 0. The minimum atomic E-state index is -0.955. The van der Waals surface area contributed by atoms with Crippen LogP contribution in [0.15, 0.2) is 0 Å². The minimum Gasteiger partial charge on any atom is -0.481 e. The topological polar surface area (TPSA) is 242 Å². The molecule has 0 spiro atoms. The first-order valence-electron chi connectivity index (χ1n) is 7.42. The fourth-order valence-electron chi connectivity index (χ4n) is 1.05. The van der Waals surface area contributed by atoms with E-state index >= 15 is 0 Å². The van der Waals surface area contributed by atoms with E-state index in [2.05, 4.69) is 0 Å². The summed E-state index contributed by atoms with van der Waals surface area (Å²) in [5, 5.41) is 24.3. The van der Waals surface area contributed by atoms with E-state index in [1.54, 1.807) is 0 Å². The van der Waals surface area contributed by atoms with Gasteiger partial charge in [0.05, 0.1) is 6.42 Å². The average molecular weight is 353 g/mol. The van der Waals surface area contributed by atoms with Crippen molar-refractivity contribution in [1.29, 1.82) is 0 Å². The lowest BCUT2D eigenvalue weighted by Crippen LogP contribution is -2.30. The molecule has 0 amide bonds. The molecule has 0 unspecified atom stereocenters. The Hall–Kier alpha value is -1.79. The van der Waals surface area contributed by atoms with Gasteiger partial charge in [-0.2, -0.15) is 0 Å². The molecule has 0 rings (SSSR count). The second-order valence-corrected chi connectivity index (χ2v) is 4.68. The highest BCUT2D eigenvalue weighted by atomic mass is 16.4. The lowest BCUT2D eigenvalue weighted by atomic mass is 10.2. The summed E-state index contributed by atoms with van der Waals surface area (Å²) in [6.07, 6.45) is 2.35. The Balaban J connectivity index is -0.000000282. The molecule has 0 fully saturated rings. The van der Waals surface area contributed by atoms with Crippen LogP contribution >= 0.6 is 0 Å². The molecule has 2 atom stereocenters. The van der Waals surface area contributed by atoms with Gasteiger partial charge in [-0.1, -0.05) is 0 Å². The zero-order valence-corrected chi connectivity index (χ0v) is 13.8. The van der Waals surface area contributed by atoms with Crippen molar-refractivity contribution in [3.8, 4) is 0 Å². The molecule has 0 aromatic heterocycles.